The van der Waals surface area contributed by atoms with Crippen molar-refractivity contribution >= 4 is 17.7 Å². The average molecular weight is 392 g/mol. The third-order valence-corrected chi connectivity index (χ3v) is 3.96. The van der Waals surface area contributed by atoms with Crippen molar-refractivity contribution in [1.82, 2.24) is 4.98 Å². The van der Waals surface area contributed by atoms with Gasteiger partial charge in [-0.3, -0.25) is 14.5 Å². The van der Waals surface area contributed by atoms with Crippen molar-refractivity contribution in [2.45, 2.75) is 6.42 Å². The van der Waals surface area contributed by atoms with Crippen molar-refractivity contribution in [3.8, 4) is 11.5 Å². The van der Waals surface area contributed by atoms with Crippen LogP contribution < -0.4 is 14.4 Å². The van der Waals surface area contributed by atoms with Crippen molar-refractivity contribution in [3.05, 3.63) is 83.7 Å². The minimum atomic E-state index is -0.643. The summed E-state index contributed by atoms with van der Waals surface area (Å²) in [5.41, 5.74) is 5.84. The Morgan fingerprint density at radius 1 is 1.17 bits per heavy atom. The van der Waals surface area contributed by atoms with Gasteiger partial charge in [0.05, 0.1) is 13.5 Å². The molecule has 1 aromatic carbocycles. The molecule has 1 heterocycles. The number of carbonyl (C=O) groups is 2. The molecule has 0 fully saturated rings. The number of halogens is 1. The van der Waals surface area contributed by atoms with Gasteiger partial charge in [0.25, 0.3) is 5.91 Å². The van der Waals surface area contributed by atoms with E-state index >= 15 is 0 Å². The van der Waals surface area contributed by atoms with Gasteiger partial charge < -0.3 is 9.47 Å². The summed E-state index contributed by atoms with van der Waals surface area (Å²) in [4.78, 5) is 30.8. The van der Waals surface area contributed by atoms with Crippen molar-refractivity contribution in [2.24, 2.45) is 0 Å². The second-order valence-corrected chi connectivity index (χ2v) is 5.89. The molecule has 0 saturated heterocycles. The molecule has 7 heteroatoms. The van der Waals surface area contributed by atoms with Crippen LogP contribution in [0, 0.1) is 5.82 Å². The number of anilines is 1. The zero-order valence-electron chi connectivity index (χ0n) is 15.6. The van der Waals surface area contributed by atoms with Crippen LogP contribution >= 0.6 is 0 Å². The van der Waals surface area contributed by atoms with Crippen LogP contribution in [0.4, 0.5) is 10.2 Å². The number of pyridine rings is 1. The summed E-state index contributed by atoms with van der Waals surface area (Å²) in [6, 6.07) is 8.76. The lowest BCUT2D eigenvalue weighted by molar-refractivity contribution is -0.134. The number of methoxy groups -OCH3 is 1. The number of hydrogen-bond donors (Lipinski definition) is 0. The Balaban J connectivity index is 1.73. The molecule has 146 valence electrons. The summed E-state index contributed by atoms with van der Waals surface area (Å²) in [5, 5.41) is 0. The summed E-state index contributed by atoms with van der Waals surface area (Å²) < 4.78 is 23.7. The Kier molecular flexibility index (Phi) is 6.38. The van der Waals surface area contributed by atoms with Crippen LogP contribution in [-0.4, -0.2) is 30.5 Å². The Bertz CT molecular complexity index is 1050. The van der Waals surface area contributed by atoms with E-state index in [0.717, 1.165) is 6.07 Å². The van der Waals surface area contributed by atoms with Gasteiger partial charge in [0.2, 0.25) is 0 Å². The maximum absolute atomic E-state index is 13.4. The maximum atomic E-state index is 13.4. The van der Waals surface area contributed by atoms with Gasteiger partial charge in [-0.15, -0.1) is 0 Å². The van der Waals surface area contributed by atoms with Crippen molar-refractivity contribution in [2.75, 3.05) is 18.6 Å². The molecule has 0 spiro atoms. The molecule has 1 amide bonds. The van der Waals surface area contributed by atoms with Gasteiger partial charge in [-0.1, -0.05) is 17.5 Å². The first kappa shape index (κ1) is 19.8. The molecule has 1 aliphatic carbocycles. The van der Waals surface area contributed by atoms with Crippen LogP contribution in [-0.2, 0) is 9.59 Å². The molecule has 0 saturated carbocycles. The predicted molar refractivity (Wildman–Crippen MR) is 104 cm³/mol. The van der Waals surface area contributed by atoms with E-state index in [1.165, 1.54) is 30.2 Å². The lowest BCUT2D eigenvalue weighted by Gasteiger charge is -2.22. The van der Waals surface area contributed by atoms with E-state index in [1.54, 1.807) is 36.5 Å². The molecule has 2 aromatic rings. The highest BCUT2D eigenvalue weighted by molar-refractivity contribution is 6.07. The quantitative estimate of drug-likeness (QED) is 0.411. The minimum Gasteiger partial charge on any atom is -0.493 e. The predicted octanol–water partition coefficient (Wildman–Crippen LogP) is 3.36. The highest BCUT2D eigenvalue weighted by Crippen LogP contribution is 2.28. The molecule has 0 radical (unpaired) electrons. The molecule has 29 heavy (non-hydrogen) atoms. The molecular formula is C22H17FN2O4. The number of nitrogens with zero attached hydrogens (tertiary/aromatic N) is 2. The van der Waals surface area contributed by atoms with E-state index in [2.05, 4.69) is 16.4 Å². The van der Waals surface area contributed by atoms with Crippen LogP contribution in [0.25, 0.3) is 0 Å². The van der Waals surface area contributed by atoms with E-state index in [0.29, 0.717) is 11.4 Å². The SMILES string of the molecule is COc1ccc(F)cc1OC(=O)CCN(C(=O)C1=CC=C=C=C1)c1ccccn1. The van der Waals surface area contributed by atoms with Gasteiger partial charge in [0.1, 0.15) is 11.6 Å². The molecule has 0 unspecified atom stereocenters. The summed E-state index contributed by atoms with van der Waals surface area (Å²) in [5.74, 6) is -0.951. The topological polar surface area (TPSA) is 68.7 Å². The molecule has 6 nitrogen and oxygen atoms in total. The number of benzene rings is 1. The number of carbonyl (C=O) groups excluding carboxylic acids is 2. The number of rotatable bonds is 7. The van der Waals surface area contributed by atoms with Crippen LogP contribution in [0.15, 0.2) is 77.9 Å². The van der Waals surface area contributed by atoms with Crippen molar-refractivity contribution in [1.29, 1.82) is 0 Å². The van der Waals surface area contributed by atoms with Gasteiger partial charge in [-0.05, 0) is 36.4 Å². The van der Waals surface area contributed by atoms with Crippen molar-refractivity contribution < 1.29 is 23.5 Å². The summed E-state index contributed by atoms with van der Waals surface area (Å²) in [7, 11) is 1.39. The Hall–Kier alpha value is -3.92. The number of allylic oxidation sites excluding steroid dienone is 2. The molecular weight excluding hydrogens is 375 g/mol. The summed E-state index contributed by atoms with van der Waals surface area (Å²) >= 11 is 0. The number of ether oxygens (including phenoxy) is 2. The molecule has 3 rings (SSSR count). The number of hydrogen-bond acceptors (Lipinski definition) is 5. The molecule has 0 aliphatic heterocycles. The maximum Gasteiger partial charge on any atom is 0.313 e. The number of aromatic nitrogens is 1. The molecule has 0 N–H and O–H groups in total. The van der Waals surface area contributed by atoms with Crippen molar-refractivity contribution in [3.63, 3.8) is 0 Å². The smallest absolute Gasteiger partial charge is 0.313 e. The van der Waals surface area contributed by atoms with E-state index < -0.39 is 11.8 Å². The third-order valence-electron chi connectivity index (χ3n) is 3.96. The summed E-state index contributed by atoms with van der Waals surface area (Å²) in [6.07, 6.45) is 6.11. The molecule has 1 aromatic heterocycles. The Morgan fingerprint density at radius 2 is 2.03 bits per heavy atom. The van der Waals surface area contributed by atoms with Gasteiger partial charge in [0.15, 0.2) is 11.5 Å². The lowest BCUT2D eigenvalue weighted by atomic mass is 10.1. The molecule has 0 atom stereocenters. The zero-order valence-corrected chi connectivity index (χ0v) is 15.6. The van der Waals surface area contributed by atoms with Crippen LogP contribution in [0.3, 0.4) is 0 Å². The number of esters is 1. The normalized spacial score (nSPS) is 11.7. The lowest BCUT2D eigenvalue weighted by Crippen LogP contribution is -2.35. The fraction of sp³-hybridized carbons (Fsp3) is 0.136. The minimum absolute atomic E-state index is 0.0188. The van der Waals surface area contributed by atoms with E-state index in [1.807, 2.05) is 0 Å². The largest absolute Gasteiger partial charge is 0.493 e. The number of amides is 1. The summed E-state index contributed by atoms with van der Waals surface area (Å²) in [6.45, 7) is 0.0188. The average Bonchev–Trinajstić information content (AvgIpc) is 2.75. The van der Waals surface area contributed by atoms with Gasteiger partial charge in [0, 0.05) is 30.5 Å². The van der Waals surface area contributed by atoms with Gasteiger partial charge >= 0.3 is 5.97 Å². The fourth-order valence-corrected chi connectivity index (χ4v) is 2.58. The fourth-order valence-electron chi connectivity index (χ4n) is 2.58. The van der Waals surface area contributed by atoms with Crippen LogP contribution in [0.2, 0.25) is 0 Å². The standard InChI is InChI=1S/C22H17FN2O4/c1-28-18-11-10-17(23)15-19(18)29-21(26)12-14-25(20-9-5-6-13-24-20)22(27)16-7-3-2-4-8-16/h3,5-11,13,15H,12,14H2,1H3. The highest BCUT2D eigenvalue weighted by atomic mass is 19.1. The molecule has 1 aliphatic rings. The Labute approximate surface area is 166 Å². The Morgan fingerprint density at radius 3 is 2.72 bits per heavy atom. The first-order chi connectivity index (χ1) is 14.1. The zero-order chi connectivity index (χ0) is 20.6. The van der Waals surface area contributed by atoms with Crippen LogP contribution in [0.1, 0.15) is 6.42 Å². The first-order valence-corrected chi connectivity index (χ1v) is 8.73. The van der Waals surface area contributed by atoms with Gasteiger partial charge in [-0.25, -0.2) is 9.37 Å². The van der Waals surface area contributed by atoms with E-state index in [4.69, 9.17) is 9.47 Å². The first-order valence-electron chi connectivity index (χ1n) is 8.73. The second kappa shape index (κ2) is 9.33. The monoisotopic (exact) mass is 392 g/mol. The van der Waals surface area contributed by atoms with Crippen LogP contribution in [0.5, 0.6) is 11.5 Å². The van der Waals surface area contributed by atoms with E-state index in [-0.39, 0.29) is 30.4 Å². The highest BCUT2D eigenvalue weighted by Gasteiger charge is 2.21. The molecule has 0 bridgehead atoms. The second-order valence-electron chi connectivity index (χ2n) is 5.89. The van der Waals surface area contributed by atoms with E-state index in [9.17, 15) is 14.0 Å². The third kappa shape index (κ3) is 5.08. The van der Waals surface area contributed by atoms with Gasteiger partial charge in [-0.2, -0.15) is 0 Å².